The Labute approximate surface area is 147 Å². The number of allylic oxidation sites excluding steroid dienone is 5. The summed E-state index contributed by atoms with van der Waals surface area (Å²) in [7, 11) is 0. The number of halogens is 1. The van der Waals surface area contributed by atoms with E-state index in [2.05, 4.69) is 52.5 Å². The van der Waals surface area contributed by atoms with E-state index >= 15 is 0 Å². The van der Waals surface area contributed by atoms with Crippen LogP contribution in [0.1, 0.15) is 12.5 Å². The lowest BCUT2D eigenvalue weighted by atomic mass is 10.1. The molecule has 1 aromatic carbocycles. The topological polar surface area (TPSA) is 27.6 Å². The van der Waals surface area contributed by atoms with Crippen LogP contribution in [0.3, 0.4) is 0 Å². The van der Waals surface area contributed by atoms with Crippen LogP contribution in [-0.2, 0) is 6.54 Å². The average Bonchev–Trinajstić information content (AvgIpc) is 2.79. The third-order valence-corrected chi connectivity index (χ3v) is 4.90. The van der Waals surface area contributed by atoms with Crippen molar-refractivity contribution in [2.45, 2.75) is 13.5 Å². The zero-order valence-electron chi connectivity index (χ0n) is 13.8. The summed E-state index contributed by atoms with van der Waals surface area (Å²) in [5.41, 5.74) is 2.27. The molecule has 1 aromatic rings. The number of rotatable bonds is 4. The third kappa shape index (κ3) is 5.08. The highest BCUT2D eigenvalue weighted by molar-refractivity contribution is 8.14. The van der Waals surface area contributed by atoms with Gasteiger partial charge in [0, 0.05) is 12.3 Å². The van der Waals surface area contributed by atoms with Gasteiger partial charge in [-0.1, -0.05) is 61.2 Å². The lowest BCUT2D eigenvalue weighted by molar-refractivity contribution is 0.258. The summed E-state index contributed by atoms with van der Waals surface area (Å²) >= 11 is 1.72. The van der Waals surface area contributed by atoms with Gasteiger partial charge in [0.25, 0.3) is 0 Å². The SMILES string of the molecule is CC1C=CC=C(CSC2=NCN(Cc3cccc(F)c3)CN2)C=C1. The predicted molar refractivity (Wildman–Crippen MR) is 100 cm³/mol. The van der Waals surface area contributed by atoms with Crippen LogP contribution in [-0.4, -0.2) is 29.2 Å². The number of thioether (sulfide) groups is 1. The molecule has 1 aliphatic heterocycles. The van der Waals surface area contributed by atoms with Gasteiger partial charge < -0.3 is 5.32 Å². The monoisotopic (exact) mass is 343 g/mol. The Kier molecular flexibility index (Phi) is 5.88. The lowest BCUT2D eigenvalue weighted by Gasteiger charge is -2.26. The highest BCUT2D eigenvalue weighted by Crippen LogP contribution is 2.17. The first-order valence-corrected chi connectivity index (χ1v) is 9.11. The van der Waals surface area contributed by atoms with E-state index in [0.717, 1.165) is 23.2 Å². The van der Waals surface area contributed by atoms with Crippen molar-refractivity contribution in [3.63, 3.8) is 0 Å². The molecule has 24 heavy (non-hydrogen) atoms. The van der Waals surface area contributed by atoms with Crippen LogP contribution < -0.4 is 5.32 Å². The maximum Gasteiger partial charge on any atom is 0.159 e. The minimum atomic E-state index is -0.190. The lowest BCUT2D eigenvalue weighted by Crippen LogP contribution is -2.41. The molecule has 0 bridgehead atoms. The molecule has 5 heteroatoms. The Hall–Kier alpha value is -1.85. The summed E-state index contributed by atoms with van der Waals surface area (Å²) < 4.78 is 13.2. The Morgan fingerprint density at radius 3 is 3.08 bits per heavy atom. The molecule has 0 amide bonds. The van der Waals surface area contributed by atoms with Crippen molar-refractivity contribution in [2.75, 3.05) is 19.1 Å². The van der Waals surface area contributed by atoms with Crippen molar-refractivity contribution in [3.8, 4) is 0 Å². The van der Waals surface area contributed by atoms with Crippen molar-refractivity contribution in [3.05, 3.63) is 71.6 Å². The molecule has 2 aliphatic rings. The highest BCUT2D eigenvalue weighted by atomic mass is 32.2. The average molecular weight is 343 g/mol. The molecule has 0 fully saturated rings. The molecule has 1 atom stereocenters. The van der Waals surface area contributed by atoms with Crippen LogP contribution in [0.2, 0.25) is 0 Å². The first-order chi connectivity index (χ1) is 11.7. The highest BCUT2D eigenvalue weighted by Gasteiger charge is 2.13. The third-order valence-electron chi connectivity index (χ3n) is 3.88. The Bertz CT molecular complexity index is 694. The van der Waals surface area contributed by atoms with E-state index in [1.165, 1.54) is 11.6 Å². The number of hydrogen-bond donors (Lipinski definition) is 1. The number of benzene rings is 1. The van der Waals surface area contributed by atoms with Crippen LogP contribution in [0.4, 0.5) is 4.39 Å². The maximum atomic E-state index is 13.2. The molecular weight excluding hydrogens is 321 g/mol. The van der Waals surface area contributed by atoms with Crippen molar-refractivity contribution in [1.82, 2.24) is 10.2 Å². The van der Waals surface area contributed by atoms with E-state index < -0.39 is 0 Å². The second-order valence-corrected chi connectivity index (χ2v) is 7.00. The second-order valence-electron chi connectivity index (χ2n) is 6.03. The van der Waals surface area contributed by atoms with Crippen LogP contribution >= 0.6 is 11.8 Å². The van der Waals surface area contributed by atoms with Crippen LogP contribution in [0.5, 0.6) is 0 Å². The molecular formula is C19H22FN3S. The molecule has 0 spiro atoms. The Morgan fingerprint density at radius 2 is 2.29 bits per heavy atom. The van der Waals surface area contributed by atoms with Gasteiger partial charge in [0.1, 0.15) is 5.82 Å². The molecule has 0 saturated carbocycles. The summed E-state index contributed by atoms with van der Waals surface area (Å²) in [6.07, 6.45) is 10.9. The van der Waals surface area contributed by atoms with Gasteiger partial charge in [-0.3, -0.25) is 4.90 Å². The van der Waals surface area contributed by atoms with E-state index in [-0.39, 0.29) is 5.82 Å². The summed E-state index contributed by atoms with van der Waals surface area (Å²) in [6.45, 7) is 4.24. The Morgan fingerprint density at radius 1 is 1.38 bits per heavy atom. The number of nitrogens with one attached hydrogen (secondary N) is 1. The molecule has 1 aliphatic carbocycles. The van der Waals surface area contributed by atoms with Crippen molar-refractivity contribution >= 4 is 16.9 Å². The number of amidine groups is 1. The second kappa shape index (κ2) is 8.31. The van der Waals surface area contributed by atoms with E-state index in [4.69, 9.17) is 0 Å². The minimum absolute atomic E-state index is 0.190. The number of aliphatic imine (C=N–C) groups is 1. The Balaban J connectivity index is 1.48. The van der Waals surface area contributed by atoms with Crippen molar-refractivity contribution in [2.24, 2.45) is 10.9 Å². The fourth-order valence-electron chi connectivity index (χ4n) is 2.54. The standard InChI is InChI=1S/C19H22FN3S/c1-15-4-2-5-16(9-8-15)12-24-19-21-13-23(14-22-19)11-17-6-3-7-18(20)10-17/h2-10,15H,11-14H2,1H3,(H,21,22). The molecule has 0 saturated heterocycles. The molecule has 1 N–H and O–H groups in total. The maximum absolute atomic E-state index is 13.2. The first-order valence-electron chi connectivity index (χ1n) is 8.12. The van der Waals surface area contributed by atoms with Gasteiger partial charge in [-0.2, -0.15) is 0 Å². The zero-order chi connectivity index (χ0) is 16.8. The van der Waals surface area contributed by atoms with Gasteiger partial charge in [0.05, 0.1) is 13.3 Å². The molecule has 0 radical (unpaired) electrons. The quantitative estimate of drug-likeness (QED) is 0.898. The van der Waals surface area contributed by atoms with Crippen LogP contribution in [0.15, 0.2) is 65.2 Å². The molecule has 3 rings (SSSR count). The first kappa shape index (κ1) is 17.0. The number of hydrogen-bond acceptors (Lipinski definition) is 4. The summed E-state index contributed by atoms with van der Waals surface area (Å²) in [6, 6.07) is 6.73. The van der Waals surface area contributed by atoms with Crippen molar-refractivity contribution < 1.29 is 4.39 Å². The zero-order valence-corrected chi connectivity index (χ0v) is 14.6. The van der Waals surface area contributed by atoms with E-state index in [1.54, 1.807) is 23.9 Å². The van der Waals surface area contributed by atoms with Gasteiger partial charge in [-0.25, -0.2) is 9.38 Å². The van der Waals surface area contributed by atoms with E-state index in [1.807, 2.05) is 6.07 Å². The predicted octanol–water partition coefficient (Wildman–Crippen LogP) is 3.92. The van der Waals surface area contributed by atoms with E-state index in [0.29, 0.717) is 19.1 Å². The van der Waals surface area contributed by atoms with Crippen LogP contribution in [0.25, 0.3) is 0 Å². The largest absolute Gasteiger partial charge is 0.352 e. The molecule has 1 unspecified atom stereocenters. The van der Waals surface area contributed by atoms with Gasteiger partial charge in [0.15, 0.2) is 5.17 Å². The summed E-state index contributed by atoms with van der Waals surface area (Å²) in [4.78, 5) is 6.73. The van der Waals surface area contributed by atoms with Gasteiger partial charge in [-0.15, -0.1) is 0 Å². The summed E-state index contributed by atoms with van der Waals surface area (Å²) in [5, 5.41) is 4.32. The fourth-order valence-corrected chi connectivity index (χ4v) is 3.35. The fraction of sp³-hybridized carbons (Fsp3) is 0.316. The van der Waals surface area contributed by atoms with Gasteiger partial charge >= 0.3 is 0 Å². The minimum Gasteiger partial charge on any atom is -0.352 e. The molecule has 1 heterocycles. The molecule has 0 aromatic heterocycles. The van der Waals surface area contributed by atoms with Gasteiger partial charge in [0.2, 0.25) is 0 Å². The molecule has 3 nitrogen and oxygen atoms in total. The number of nitrogens with zero attached hydrogens (tertiary/aromatic N) is 2. The van der Waals surface area contributed by atoms with Gasteiger partial charge in [-0.05, 0) is 29.2 Å². The molecule has 126 valence electrons. The van der Waals surface area contributed by atoms with Crippen LogP contribution in [0, 0.1) is 11.7 Å². The van der Waals surface area contributed by atoms with Crippen molar-refractivity contribution in [1.29, 1.82) is 0 Å². The normalized spacial score (nSPS) is 21.0. The van der Waals surface area contributed by atoms with E-state index in [9.17, 15) is 4.39 Å². The smallest absolute Gasteiger partial charge is 0.159 e. The summed E-state index contributed by atoms with van der Waals surface area (Å²) in [5.74, 6) is 1.21.